The number of benzene rings is 1. The molecule has 222 valence electrons. The Labute approximate surface area is 244 Å². The van der Waals surface area contributed by atoms with Gasteiger partial charge in [-0.05, 0) is 75.9 Å². The average molecular weight is 566 g/mol. The molecule has 5 rings (SSSR count). The molecule has 2 amide bonds. The zero-order chi connectivity index (χ0) is 29.6. The first-order valence-electron chi connectivity index (χ1n) is 14.8. The largest absolute Gasteiger partial charge is 0.494 e. The molecule has 9 nitrogen and oxygen atoms in total. The third-order valence-electron chi connectivity index (χ3n) is 9.97. The number of hydrogen-bond acceptors (Lipinski definition) is 7. The highest BCUT2D eigenvalue weighted by Crippen LogP contribution is 2.49. The monoisotopic (exact) mass is 565 g/mol. The van der Waals surface area contributed by atoms with E-state index in [9.17, 15) is 9.59 Å². The standard InChI is InChI=1S/C31H44BN3O6/c1-20(38-6)26(34-28(37)39-7)27(36)35-19-31(14-8-9-15-31)17-25(35)24-16-22(18-33-24)21-10-12-23(13-11-21)32-40-29(2,3)30(4,5)41-32/h10-13,18,20,25-26H,8-9,14-17,19H2,1-7H3,(H,34,37)/t20-,25+,26+/m1/s1. The van der Waals surface area contributed by atoms with E-state index >= 15 is 0 Å². The predicted octanol–water partition coefficient (Wildman–Crippen LogP) is 4.09. The second kappa shape index (κ2) is 11.2. The van der Waals surface area contributed by atoms with Crippen molar-refractivity contribution in [3.8, 4) is 0 Å². The van der Waals surface area contributed by atoms with Crippen LogP contribution in [0.25, 0.3) is 5.57 Å². The molecular weight excluding hydrogens is 521 g/mol. The summed E-state index contributed by atoms with van der Waals surface area (Å²) in [5.74, 6) is -0.151. The Hall–Kier alpha value is -2.69. The molecule has 10 heteroatoms. The maximum atomic E-state index is 14.0. The number of rotatable bonds is 7. The first kappa shape index (κ1) is 29.8. The molecular formula is C31H44BN3O6. The SMILES string of the molecule is COC(=O)N[C@H](C(=O)N1CC2(CCCC2)C[C@H]1C1=NC=C(c2ccc(B3OC(C)(C)C(C)(C)O3)cc2)C1)[C@@H](C)OC. The summed E-state index contributed by atoms with van der Waals surface area (Å²) in [6.07, 6.45) is 6.92. The van der Waals surface area contributed by atoms with Crippen molar-refractivity contribution in [3.63, 3.8) is 0 Å². The van der Waals surface area contributed by atoms with E-state index in [4.69, 9.17) is 23.8 Å². The Balaban J connectivity index is 1.31. The summed E-state index contributed by atoms with van der Waals surface area (Å²) < 4.78 is 22.7. The van der Waals surface area contributed by atoms with Crippen LogP contribution >= 0.6 is 0 Å². The molecule has 3 heterocycles. The number of nitrogens with one attached hydrogen (secondary N) is 1. The highest BCUT2D eigenvalue weighted by Gasteiger charge is 2.52. The Morgan fingerprint density at radius 2 is 1.71 bits per heavy atom. The van der Waals surface area contributed by atoms with Gasteiger partial charge in [0.05, 0.1) is 30.5 Å². The second-order valence-electron chi connectivity index (χ2n) is 13.1. The topological polar surface area (TPSA) is 98.7 Å². The highest BCUT2D eigenvalue weighted by atomic mass is 16.7. The molecule has 3 fully saturated rings. The second-order valence-corrected chi connectivity index (χ2v) is 13.1. The molecule has 3 atom stereocenters. The fraction of sp³-hybridized carbons (Fsp3) is 0.645. The van der Waals surface area contributed by atoms with Gasteiger partial charge in [0.15, 0.2) is 0 Å². The zero-order valence-corrected chi connectivity index (χ0v) is 25.5. The number of likely N-dealkylation sites (tertiary alicyclic amines) is 1. The van der Waals surface area contributed by atoms with Gasteiger partial charge in [-0.25, -0.2) is 4.79 Å². The Morgan fingerprint density at radius 3 is 2.29 bits per heavy atom. The molecule has 0 bridgehead atoms. The Morgan fingerprint density at radius 1 is 1.07 bits per heavy atom. The molecule has 0 aromatic heterocycles. The molecule has 4 aliphatic rings. The molecule has 0 radical (unpaired) electrons. The molecule has 1 aromatic rings. The summed E-state index contributed by atoms with van der Waals surface area (Å²) in [6.45, 7) is 10.7. The minimum absolute atomic E-state index is 0.0994. The van der Waals surface area contributed by atoms with Gasteiger partial charge in [-0.15, -0.1) is 0 Å². The van der Waals surface area contributed by atoms with Crippen LogP contribution in [0.15, 0.2) is 35.5 Å². The normalized spacial score (nSPS) is 25.7. The highest BCUT2D eigenvalue weighted by molar-refractivity contribution is 6.62. The summed E-state index contributed by atoms with van der Waals surface area (Å²) in [7, 11) is 2.43. The van der Waals surface area contributed by atoms with Gasteiger partial charge in [0, 0.05) is 32.0 Å². The number of hydrogen-bond donors (Lipinski definition) is 1. The van der Waals surface area contributed by atoms with Crippen molar-refractivity contribution < 1.29 is 28.4 Å². The van der Waals surface area contributed by atoms with Crippen molar-refractivity contribution in [1.29, 1.82) is 0 Å². The van der Waals surface area contributed by atoms with Crippen molar-refractivity contribution in [2.45, 2.75) is 103 Å². The predicted molar refractivity (Wildman–Crippen MR) is 159 cm³/mol. The first-order valence-corrected chi connectivity index (χ1v) is 14.8. The van der Waals surface area contributed by atoms with E-state index in [0.29, 0.717) is 13.0 Å². The van der Waals surface area contributed by atoms with Crippen LogP contribution in [0, 0.1) is 5.41 Å². The van der Waals surface area contributed by atoms with Crippen molar-refractivity contribution in [3.05, 3.63) is 36.0 Å². The van der Waals surface area contributed by atoms with Gasteiger partial charge >= 0.3 is 13.2 Å². The minimum atomic E-state index is -0.844. The molecule has 1 aromatic carbocycles. The lowest BCUT2D eigenvalue weighted by Crippen LogP contribution is -2.56. The lowest BCUT2D eigenvalue weighted by Gasteiger charge is -2.32. The van der Waals surface area contributed by atoms with Crippen molar-refractivity contribution >= 4 is 35.9 Å². The number of methoxy groups -OCH3 is 2. The Bertz CT molecular complexity index is 1200. The quantitative estimate of drug-likeness (QED) is 0.501. The lowest BCUT2D eigenvalue weighted by atomic mass is 9.78. The van der Waals surface area contributed by atoms with E-state index in [1.54, 1.807) is 14.0 Å². The summed E-state index contributed by atoms with van der Waals surface area (Å²) in [5.41, 5.74) is 3.51. The minimum Gasteiger partial charge on any atom is -0.453 e. The van der Waals surface area contributed by atoms with Crippen LogP contribution in [0.3, 0.4) is 0 Å². The van der Waals surface area contributed by atoms with Crippen LogP contribution in [-0.2, 0) is 23.6 Å². The van der Waals surface area contributed by atoms with Crippen LogP contribution < -0.4 is 10.8 Å². The lowest BCUT2D eigenvalue weighted by molar-refractivity contribution is -0.136. The van der Waals surface area contributed by atoms with Crippen LogP contribution in [0.4, 0.5) is 4.79 Å². The van der Waals surface area contributed by atoms with E-state index in [2.05, 4.69) is 57.3 Å². The molecule has 3 aliphatic heterocycles. The van der Waals surface area contributed by atoms with Gasteiger partial charge in [0.25, 0.3) is 0 Å². The van der Waals surface area contributed by atoms with Crippen LogP contribution in [0.2, 0.25) is 0 Å². The van der Waals surface area contributed by atoms with Crippen LogP contribution in [0.1, 0.15) is 78.7 Å². The maximum Gasteiger partial charge on any atom is 0.494 e. The zero-order valence-electron chi connectivity index (χ0n) is 25.5. The number of alkyl carbamates (subject to hydrolysis) is 1. The number of nitrogens with zero attached hydrogens (tertiary/aromatic N) is 2. The maximum absolute atomic E-state index is 14.0. The summed E-state index contributed by atoms with van der Waals surface area (Å²) >= 11 is 0. The molecule has 2 saturated heterocycles. The van der Waals surface area contributed by atoms with E-state index in [1.807, 2.05) is 11.1 Å². The number of carbonyl (C=O) groups is 2. The van der Waals surface area contributed by atoms with Crippen molar-refractivity contribution in [1.82, 2.24) is 10.2 Å². The number of ether oxygens (including phenoxy) is 2. The number of carbonyl (C=O) groups excluding carboxylic acids is 2. The fourth-order valence-corrected chi connectivity index (χ4v) is 6.61. The van der Waals surface area contributed by atoms with Crippen LogP contribution in [-0.4, -0.2) is 79.9 Å². The molecule has 0 unspecified atom stereocenters. The van der Waals surface area contributed by atoms with E-state index in [-0.39, 0.29) is 28.6 Å². The van der Waals surface area contributed by atoms with Crippen molar-refractivity contribution in [2.24, 2.45) is 10.4 Å². The van der Waals surface area contributed by atoms with Gasteiger partial charge in [0.1, 0.15) is 6.04 Å². The van der Waals surface area contributed by atoms with Crippen molar-refractivity contribution in [2.75, 3.05) is 20.8 Å². The van der Waals surface area contributed by atoms with Gasteiger partial charge in [0.2, 0.25) is 5.91 Å². The van der Waals surface area contributed by atoms with Gasteiger partial charge < -0.3 is 29.0 Å². The van der Waals surface area contributed by atoms with Crippen LogP contribution in [0.5, 0.6) is 0 Å². The van der Waals surface area contributed by atoms with Gasteiger partial charge in [-0.3, -0.25) is 9.79 Å². The summed E-state index contributed by atoms with van der Waals surface area (Å²) in [6, 6.07) is 7.34. The van der Waals surface area contributed by atoms with E-state index in [0.717, 1.165) is 41.6 Å². The summed E-state index contributed by atoms with van der Waals surface area (Å²) in [5, 5.41) is 2.71. The molecule has 1 saturated carbocycles. The average Bonchev–Trinajstić information content (AvgIpc) is 3.73. The number of amides is 2. The molecule has 1 aliphatic carbocycles. The first-order chi connectivity index (χ1) is 19.4. The third-order valence-corrected chi connectivity index (χ3v) is 9.97. The number of allylic oxidation sites excluding steroid dienone is 1. The molecule has 1 N–H and O–H groups in total. The Kier molecular flexibility index (Phi) is 8.13. The fourth-order valence-electron chi connectivity index (χ4n) is 6.61. The van der Waals surface area contributed by atoms with Gasteiger partial charge in [-0.2, -0.15) is 0 Å². The molecule has 1 spiro atoms. The smallest absolute Gasteiger partial charge is 0.453 e. The number of aliphatic imine (C=N–C) groups is 1. The summed E-state index contributed by atoms with van der Waals surface area (Å²) in [4.78, 5) is 32.9. The van der Waals surface area contributed by atoms with E-state index in [1.165, 1.54) is 20.0 Å². The molecule has 41 heavy (non-hydrogen) atoms. The van der Waals surface area contributed by atoms with Gasteiger partial charge in [-0.1, -0.05) is 37.1 Å². The third kappa shape index (κ3) is 5.71. The van der Waals surface area contributed by atoms with E-state index < -0.39 is 25.4 Å².